The zero-order valence-electron chi connectivity index (χ0n) is 83.4. The van der Waals surface area contributed by atoms with Crippen molar-refractivity contribution in [3.8, 4) is 0 Å². The number of primary amides is 1. The number of nitrogens with two attached hydrogens (primary N) is 3. The molecule has 16 amide bonds. The number of carboxylic acid groups (broad SMARTS) is 4. The van der Waals surface area contributed by atoms with Crippen molar-refractivity contribution >= 4 is 161 Å². The molecule has 0 aliphatic carbocycles. The summed E-state index contributed by atoms with van der Waals surface area (Å²) in [5, 5.41) is 82.6. The number of fused-ring (bicyclic) bond motifs is 1. The van der Waals surface area contributed by atoms with E-state index in [0.717, 1.165) is 57.8 Å². The molecule has 2 saturated heterocycles. The van der Waals surface area contributed by atoms with Crippen LogP contribution >= 0.6 is 25.3 Å². The Balaban J connectivity index is 1.12. The third kappa shape index (κ3) is 46.6. The number of hydrogen-bond acceptors (Lipinski definition) is 28. The number of nitrogens with one attached hydrogen (secondary N) is 17. The quantitative estimate of drug-likeness (QED) is 0.00916. The monoisotopic (exact) mass is 2120 g/mol. The number of hydrogen-bond donors (Lipinski definition) is 26. The number of rotatable bonds is 75. The van der Waals surface area contributed by atoms with Crippen LogP contribution in [0.5, 0.6) is 0 Å². The van der Waals surface area contributed by atoms with Crippen molar-refractivity contribution in [1.29, 1.82) is 5.41 Å². The lowest BCUT2D eigenvalue weighted by atomic mass is 10.0. The van der Waals surface area contributed by atoms with Crippen LogP contribution in [0.2, 0.25) is 0 Å². The molecule has 52 heteroatoms. The van der Waals surface area contributed by atoms with E-state index in [1.165, 1.54) is 29.2 Å². The van der Waals surface area contributed by atoms with Crippen LogP contribution in [0.3, 0.4) is 0 Å². The molecule has 148 heavy (non-hydrogen) atoms. The minimum absolute atomic E-state index is 0.0116. The van der Waals surface area contributed by atoms with E-state index in [1.54, 1.807) is 60.8 Å². The number of unbranched alkanes of at least 4 members (excludes halogenated alkanes) is 11. The Bertz CT molecular complexity index is 5010. The maximum Gasteiger partial charge on any atom is 0.317 e. The minimum atomic E-state index is -2.11. The van der Waals surface area contributed by atoms with Crippen molar-refractivity contribution in [3.63, 3.8) is 0 Å². The number of thiol groups is 2. The summed E-state index contributed by atoms with van der Waals surface area (Å²) in [5.41, 5.74) is 19.3. The van der Waals surface area contributed by atoms with Crippen molar-refractivity contribution in [3.05, 3.63) is 90.1 Å². The average Bonchev–Trinajstić information content (AvgIpc) is 1.65. The predicted octanol–water partition coefficient (Wildman–Crippen LogP) is -2.84. The van der Waals surface area contributed by atoms with Gasteiger partial charge in [0, 0.05) is 113 Å². The second-order valence-electron chi connectivity index (χ2n) is 36.2. The van der Waals surface area contributed by atoms with Gasteiger partial charge in [-0.05, 0) is 126 Å². The van der Waals surface area contributed by atoms with Crippen molar-refractivity contribution in [1.82, 2.24) is 104 Å². The Labute approximate surface area is 867 Å². The lowest BCUT2D eigenvalue weighted by Crippen LogP contribution is -2.61. The topological polar surface area (TPSA) is 765 Å². The molecule has 12 unspecified atom stereocenters. The van der Waals surface area contributed by atoms with Crippen molar-refractivity contribution in [2.45, 2.75) is 266 Å². The van der Waals surface area contributed by atoms with E-state index >= 15 is 24.0 Å². The zero-order valence-corrected chi connectivity index (χ0v) is 85.2. The van der Waals surface area contributed by atoms with Crippen LogP contribution in [0.4, 0.5) is 0 Å². The van der Waals surface area contributed by atoms with Crippen LogP contribution in [0.15, 0.2) is 73.3 Å². The van der Waals surface area contributed by atoms with Gasteiger partial charge in [-0.15, -0.1) is 0 Å². The van der Waals surface area contributed by atoms with Gasteiger partial charge in [-0.3, -0.25) is 106 Å². The first-order valence-electron chi connectivity index (χ1n) is 49.9. The van der Waals surface area contributed by atoms with Crippen molar-refractivity contribution in [2.75, 3.05) is 103 Å². The number of para-hydroxylation sites is 1. The number of carbonyl (C=O) groups is 20. The molecule has 4 aromatic rings. The third-order valence-electron chi connectivity index (χ3n) is 24.4. The first-order chi connectivity index (χ1) is 70.9. The molecule has 2 aliphatic rings. The number of carbonyl (C=O) groups excluding carboxylic acids is 16. The molecule has 6 rings (SSSR count). The summed E-state index contributed by atoms with van der Waals surface area (Å²) in [5.74, 6) is -19.9. The van der Waals surface area contributed by atoms with E-state index in [1.807, 2.05) is 0 Å². The predicted molar refractivity (Wildman–Crippen MR) is 544 cm³/mol. The number of aromatic nitrogens is 3. The molecular weight excluding hydrogens is 1970 g/mol. The van der Waals surface area contributed by atoms with Crippen LogP contribution in [-0.2, 0) is 125 Å². The number of nitrogens with zero attached hydrogens (tertiary/aromatic N) is 4. The van der Waals surface area contributed by atoms with E-state index in [9.17, 15) is 87.2 Å². The number of likely N-dealkylation sites (tertiary alicyclic amines) is 2. The highest BCUT2D eigenvalue weighted by atomic mass is 32.1. The summed E-state index contributed by atoms with van der Waals surface area (Å²) >= 11 is 8.75. The normalized spacial score (nSPS) is 15.2. The molecule has 2 aromatic carbocycles. The molecule has 0 radical (unpaired) electrons. The number of ether oxygens (including phenoxy) is 2. The Hall–Kier alpha value is -13.6. The Morgan fingerprint density at radius 2 is 0.986 bits per heavy atom. The van der Waals surface area contributed by atoms with Gasteiger partial charge in [0.05, 0.1) is 52.2 Å². The summed E-state index contributed by atoms with van der Waals surface area (Å²) < 4.78 is 10.9. The van der Waals surface area contributed by atoms with Gasteiger partial charge in [0.1, 0.15) is 79.1 Å². The Morgan fingerprint density at radius 1 is 0.473 bits per heavy atom. The first-order valence-corrected chi connectivity index (χ1v) is 51.2. The summed E-state index contributed by atoms with van der Waals surface area (Å²) in [4.78, 5) is 286. The highest BCUT2D eigenvalue weighted by molar-refractivity contribution is 7.80. The molecule has 12 atom stereocenters. The van der Waals surface area contributed by atoms with Crippen LogP contribution in [0.25, 0.3) is 10.9 Å². The number of imidazole rings is 1. The summed E-state index contributed by atoms with van der Waals surface area (Å²) in [7, 11) is 0. The van der Waals surface area contributed by atoms with E-state index in [2.05, 4.69) is 115 Å². The molecule has 4 heterocycles. The van der Waals surface area contributed by atoms with Gasteiger partial charge in [0.15, 0.2) is 5.96 Å². The molecule has 0 bridgehead atoms. The molecule has 2 aromatic heterocycles. The maximum atomic E-state index is 15.2. The molecule has 0 saturated carbocycles. The first kappa shape index (κ1) is 123. The number of amides is 16. The molecular formula is C96H146N24O26S2. The second kappa shape index (κ2) is 68.0. The number of carboxylic acids is 4. The molecule has 0 spiro atoms. The van der Waals surface area contributed by atoms with Crippen LogP contribution < -0.4 is 91.6 Å². The highest BCUT2D eigenvalue weighted by Crippen LogP contribution is 2.28. The molecule has 818 valence electrons. The van der Waals surface area contributed by atoms with Crippen LogP contribution in [0, 0.1) is 5.41 Å². The molecule has 50 nitrogen and oxygen atoms in total. The number of benzene rings is 2. The van der Waals surface area contributed by atoms with Gasteiger partial charge in [0.2, 0.25) is 94.5 Å². The minimum Gasteiger partial charge on any atom is -0.481 e. The number of aromatic amines is 2. The summed E-state index contributed by atoms with van der Waals surface area (Å²) in [6, 6.07) is -2.79. The van der Waals surface area contributed by atoms with Gasteiger partial charge in [-0.2, -0.15) is 25.3 Å². The van der Waals surface area contributed by atoms with Crippen molar-refractivity contribution < 1.29 is 126 Å². The fraction of sp³-hybridized carbons (Fsp3) is 0.604. The van der Waals surface area contributed by atoms with E-state index in [4.69, 9.17) is 37.2 Å². The van der Waals surface area contributed by atoms with E-state index in [0.29, 0.717) is 45.5 Å². The molecule has 2 aliphatic heterocycles. The van der Waals surface area contributed by atoms with E-state index in [-0.39, 0.29) is 192 Å². The number of guanidine groups is 1. The third-order valence-corrected chi connectivity index (χ3v) is 25.0. The highest BCUT2D eigenvalue weighted by Gasteiger charge is 2.46. The average molecular weight is 2120 g/mol. The standard InChI is InChI=1S/C96H146N24O26S2/c1-59(121)108-68(35-45-147)87(136)114-71(48-62-51-101-58-107-62)90(139)112-69(46-60-24-11-10-12-25-60)88(137)110-67(30-21-38-104-96(99)100)86(135)113-70(47-61-50-105-64-27-16-15-26-63(61)64)89(138)117-74(57-148)94(143)120-41-23-32-76(120)95(144)119-40-22-31-75(119)93(142)111-66(29-17-19-36-97)85(134)115-72(49-81(127)128)91(140)116-73(52-106-78(123)53-118(54-82(129)130)55-83(131)132)92(141)109-65(84(98)133)28-18-20-37-102-79(124)56-146-44-43-145-42-39-103-77(122)33-13-8-6-4-2-3-5-7-9-14-34-80(125)126/h10-12,15-16,24-27,50-51,58,65-76,105,147-148H,2-9,13-14,17-23,28-49,52-57,97H2,1H3,(H2,98,133)(H,101,107)(H,102,124)(H,103,122)(H,106,123)(H,108,121)(H,109,141)(H,110,137)(H,111,142)(H,112,139)(H,113,135)(H,114,136)(H,115,134)(H,116,140)(H,117,138)(H,125,126)(H,127,128)(H,129,130)(H,131,132)(H4,99,100,104). The molecule has 27 N–H and O–H groups in total. The SMILES string of the molecule is CC(=O)NC(CCS)C(=O)NC(Cc1cnc[nH]1)C(=O)NC(Cc1ccccc1)C(=O)NC(CCCNC(=N)N)C(=O)NC(Cc1c[nH]c2ccccc12)C(=O)NC(CS)C(=O)N1CCCC1C(=O)N1CCCC1C(=O)NC(CCCCN)C(=O)NC(CC(=O)O)C(=O)NC(CNC(=O)CN(CC(=O)O)CC(=O)O)C(=O)NC(CCCCNC(=O)COCCOCCNC(=O)CCCCCCCCCCCCC(=O)O)C(N)=O. The van der Waals surface area contributed by atoms with Gasteiger partial charge in [-0.1, -0.05) is 99.9 Å². The van der Waals surface area contributed by atoms with Gasteiger partial charge >= 0.3 is 23.9 Å². The van der Waals surface area contributed by atoms with Gasteiger partial charge < -0.3 is 141 Å². The number of H-pyrrole nitrogens is 2. The zero-order chi connectivity index (χ0) is 108. The lowest BCUT2D eigenvalue weighted by molar-refractivity contribution is -0.148. The maximum absolute atomic E-state index is 15.2. The lowest BCUT2D eigenvalue weighted by Gasteiger charge is -2.33. The second-order valence-corrected chi connectivity index (χ2v) is 37.0. The smallest absolute Gasteiger partial charge is 0.317 e. The van der Waals surface area contributed by atoms with Gasteiger partial charge in [-0.25, -0.2) is 4.98 Å². The largest absolute Gasteiger partial charge is 0.481 e. The molecule has 2 fully saturated rings. The Kier molecular flexibility index (Phi) is 56.6. The number of aliphatic carboxylic acids is 4. The Morgan fingerprint density at radius 3 is 1.59 bits per heavy atom. The van der Waals surface area contributed by atoms with Crippen LogP contribution in [0.1, 0.15) is 191 Å². The van der Waals surface area contributed by atoms with E-state index < -0.39 is 224 Å². The fourth-order valence-electron chi connectivity index (χ4n) is 16.8. The summed E-state index contributed by atoms with van der Waals surface area (Å²) in [6.45, 7) is -2.09. The van der Waals surface area contributed by atoms with Crippen molar-refractivity contribution in [2.24, 2.45) is 17.2 Å². The fourth-order valence-corrected chi connectivity index (χ4v) is 17.3. The van der Waals surface area contributed by atoms with Gasteiger partial charge in [0.25, 0.3) is 0 Å². The van der Waals surface area contributed by atoms with Crippen LogP contribution in [-0.4, -0.2) is 350 Å². The summed E-state index contributed by atoms with van der Waals surface area (Å²) in [6.07, 6.45) is 13.8.